The number of para-hydroxylation sites is 2. The lowest BCUT2D eigenvalue weighted by Gasteiger charge is -2.31. The van der Waals surface area contributed by atoms with Crippen molar-refractivity contribution in [3.05, 3.63) is 65.9 Å². The van der Waals surface area contributed by atoms with Crippen molar-refractivity contribution in [3.63, 3.8) is 0 Å². The summed E-state index contributed by atoms with van der Waals surface area (Å²) < 4.78 is 15.8. The number of aromatic nitrogens is 3. The Hall–Kier alpha value is -2.99. The summed E-state index contributed by atoms with van der Waals surface area (Å²) in [5.74, 6) is 1.15. The van der Waals surface area contributed by atoms with Gasteiger partial charge in [0.2, 0.25) is 0 Å². The fourth-order valence-corrected chi connectivity index (χ4v) is 4.80. The minimum absolute atomic E-state index is 0.130. The lowest BCUT2D eigenvalue weighted by Crippen LogP contribution is -2.36. The second-order valence-corrected chi connectivity index (χ2v) is 8.64. The monoisotopic (exact) mass is 418 g/mol. The van der Waals surface area contributed by atoms with Gasteiger partial charge in [-0.3, -0.25) is 9.69 Å². The van der Waals surface area contributed by atoms with E-state index in [-0.39, 0.29) is 11.7 Å². The molecule has 0 radical (unpaired) electrons. The van der Waals surface area contributed by atoms with Crippen LogP contribution >= 0.6 is 0 Å². The molecule has 5 nitrogen and oxygen atoms in total. The molecule has 3 heterocycles. The molecule has 0 bridgehead atoms. The molecule has 0 spiro atoms. The number of aryl methyl sites for hydroxylation is 2. The van der Waals surface area contributed by atoms with Gasteiger partial charge in [-0.1, -0.05) is 12.1 Å². The van der Waals surface area contributed by atoms with E-state index in [9.17, 15) is 9.18 Å². The van der Waals surface area contributed by atoms with Gasteiger partial charge >= 0.3 is 0 Å². The van der Waals surface area contributed by atoms with Crippen LogP contribution < -0.4 is 0 Å². The Kier molecular flexibility index (Phi) is 5.32. The summed E-state index contributed by atoms with van der Waals surface area (Å²) in [6.07, 6.45) is 5.06. The number of hydrogen-bond acceptors (Lipinski definition) is 3. The molecule has 5 rings (SSSR count). The number of rotatable bonds is 6. The van der Waals surface area contributed by atoms with E-state index < -0.39 is 0 Å². The Morgan fingerprint density at radius 2 is 2.00 bits per heavy atom. The quantitative estimate of drug-likeness (QED) is 0.498. The summed E-state index contributed by atoms with van der Waals surface area (Å²) in [6, 6.07) is 12.9. The molecule has 0 saturated carbocycles. The number of H-pyrrole nitrogens is 1. The van der Waals surface area contributed by atoms with E-state index in [0.29, 0.717) is 18.6 Å². The largest absolute Gasteiger partial charge is 0.350 e. The number of nitrogens with zero attached hydrogens (tertiary/aromatic N) is 3. The Labute approximate surface area is 180 Å². The van der Waals surface area contributed by atoms with Crippen molar-refractivity contribution >= 4 is 27.7 Å². The Morgan fingerprint density at radius 1 is 1.19 bits per heavy atom. The Bertz CT molecular complexity index is 1200. The van der Waals surface area contributed by atoms with Crippen LogP contribution in [0, 0.1) is 11.7 Å². The van der Waals surface area contributed by atoms with Crippen LogP contribution in [0.4, 0.5) is 4.39 Å². The second kappa shape index (κ2) is 8.27. The van der Waals surface area contributed by atoms with E-state index in [0.717, 1.165) is 65.8 Å². The molecule has 2 aromatic carbocycles. The number of hydrogen-bond donors (Lipinski definition) is 1. The normalized spacial score (nSPS) is 15.8. The summed E-state index contributed by atoms with van der Waals surface area (Å²) in [6.45, 7) is 2.58. The highest BCUT2D eigenvalue weighted by Gasteiger charge is 2.25. The highest BCUT2D eigenvalue weighted by molar-refractivity contribution is 5.84. The molecule has 4 aromatic rings. The molecule has 1 saturated heterocycles. The van der Waals surface area contributed by atoms with E-state index in [1.807, 2.05) is 37.4 Å². The Morgan fingerprint density at radius 3 is 2.81 bits per heavy atom. The van der Waals surface area contributed by atoms with E-state index in [1.54, 1.807) is 6.07 Å². The van der Waals surface area contributed by atoms with E-state index >= 15 is 0 Å². The molecule has 2 aromatic heterocycles. The van der Waals surface area contributed by atoms with Gasteiger partial charge in [-0.25, -0.2) is 9.37 Å². The number of Topliss-reactive ketones (excluding diaryl/α,β-unsaturated/α-hetero) is 1. The lowest BCUT2D eigenvalue weighted by molar-refractivity contribution is -0.124. The van der Waals surface area contributed by atoms with Crippen molar-refractivity contribution in [2.24, 2.45) is 13.0 Å². The van der Waals surface area contributed by atoms with Gasteiger partial charge in [-0.15, -0.1) is 0 Å². The minimum Gasteiger partial charge on any atom is -0.350 e. The number of ketones is 1. The highest BCUT2D eigenvalue weighted by Crippen LogP contribution is 2.26. The molecule has 6 heteroatoms. The number of benzene rings is 2. The van der Waals surface area contributed by atoms with Crippen LogP contribution in [0.3, 0.4) is 0 Å². The summed E-state index contributed by atoms with van der Waals surface area (Å²) in [7, 11) is 2.00. The number of nitrogens with one attached hydrogen (secondary N) is 1. The lowest BCUT2D eigenvalue weighted by atomic mass is 9.90. The number of imidazole rings is 1. The molecule has 1 N–H and O–H groups in total. The molecule has 1 aliphatic heterocycles. The number of aromatic amines is 1. The average molecular weight is 419 g/mol. The Balaban J connectivity index is 1.16. The molecule has 0 atom stereocenters. The van der Waals surface area contributed by atoms with Crippen molar-refractivity contribution in [3.8, 4) is 0 Å². The smallest absolute Gasteiger partial charge is 0.136 e. The van der Waals surface area contributed by atoms with Gasteiger partial charge < -0.3 is 9.55 Å². The van der Waals surface area contributed by atoms with Crippen LogP contribution in [0.1, 0.15) is 30.7 Å². The fraction of sp³-hybridized carbons (Fsp3) is 0.360. The predicted octanol–water partition coefficient (Wildman–Crippen LogP) is 4.61. The van der Waals surface area contributed by atoms with Gasteiger partial charge in [0, 0.05) is 49.5 Å². The molecule has 31 heavy (non-hydrogen) atoms. The minimum atomic E-state index is -0.200. The van der Waals surface area contributed by atoms with Gasteiger partial charge in [0.05, 0.1) is 11.0 Å². The van der Waals surface area contributed by atoms with E-state index in [4.69, 9.17) is 0 Å². The van der Waals surface area contributed by atoms with Crippen LogP contribution in [-0.4, -0.2) is 38.3 Å². The first-order valence-corrected chi connectivity index (χ1v) is 11.0. The van der Waals surface area contributed by atoms with Crippen LogP contribution in [0.5, 0.6) is 0 Å². The molecular formula is C25H27FN4O. The molecule has 1 fully saturated rings. The number of fused-ring (bicyclic) bond motifs is 2. The SMILES string of the molecule is Cn1cc(CN2CCC(C(=O)CCc3nc4ccccc4[nH]3)CC2)c2cc(F)ccc21. The molecule has 160 valence electrons. The van der Waals surface area contributed by atoms with Crippen molar-refractivity contribution in [1.82, 2.24) is 19.4 Å². The third kappa shape index (κ3) is 4.12. The van der Waals surface area contributed by atoms with Gasteiger partial charge in [0.15, 0.2) is 0 Å². The zero-order valence-electron chi connectivity index (χ0n) is 17.8. The third-order valence-electron chi connectivity index (χ3n) is 6.52. The molecule has 1 aliphatic rings. The first-order valence-electron chi connectivity index (χ1n) is 11.0. The maximum atomic E-state index is 13.7. The molecule has 0 unspecified atom stereocenters. The zero-order chi connectivity index (χ0) is 21.4. The molecule has 0 aliphatic carbocycles. The van der Waals surface area contributed by atoms with E-state index in [2.05, 4.69) is 25.6 Å². The van der Waals surface area contributed by atoms with Crippen LogP contribution in [0.25, 0.3) is 21.9 Å². The first kappa shape index (κ1) is 19.9. The van der Waals surface area contributed by atoms with Crippen molar-refractivity contribution in [2.75, 3.05) is 13.1 Å². The summed E-state index contributed by atoms with van der Waals surface area (Å²) >= 11 is 0. The molecule has 0 amide bonds. The summed E-state index contributed by atoms with van der Waals surface area (Å²) in [5.41, 5.74) is 4.16. The molecular weight excluding hydrogens is 391 g/mol. The maximum Gasteiger partial charge on any atom is 0.136 e. The van der Waals surface area contributed by atoms with E-state index in [1.165, 1.54) is 6.07 Å². The van der Waals surface area contributed by atoms with Crippen molar-refractivity contribution in [2.45, 2.75) is 32.2 Å². The van der Waals surface area contributed by atoms with Crippen LogP contribution in [-0.2, 0) is 24.8 Å². The fourth-order valence-electron chi connectivity index (χ4n) is 4.80. The van der Waals surface area contributed by atoms with Crippen molar-refractivity contribution in [1.29, 1.82) is 0 Å². The number of carbonyl (C=O) groups excluding carboxylic acids is 1. The second-order valence-electron chi connectivity index (χ2n) is 8.64. The van der Waals surface area contributed by atoms with Gasteiger partial charge in [0.25, 0.3) is 0 Å². The van der Waals surface area contributed by atoms with Gasteiger partial charge in [-0.2, -0.15) is 0 Å². The predicted molar refractivity (Wildman–Crippen MR) is 120 cm³/mol. The zero-order valence-corrected chi connectivity index (χ0v) is 17.8. The van der Waals surface area contributed by atoms with Gasteiger partial charge in [-0.05, 0) is 61.8 Å². The number of halogens is 1. The highest BCUT2D eigenvalue weighted by atomic mass is 19.1. The van der Waals surface area contributed by atoms with Gasteiger partial charge in [0.1, 0.15) is 17.4 Å². The third-order valence-corrected chi connectivity index (χ3v) is 6.52. The van der Waals surface area contributed by atoms with Crippen molar-refractivity contribution < 1.29 is 9.18 Å². The summed E-state index contributed by atoms with van der Waals surface area (Å²) in [4.78, 5) is 23.0. The number of piperidine rings is 1. The summed E-state index contributed by atoms with van der Waals surface area (Å²) in [5, 5.41) is 0.978. The maximum absolute atomic E-state index is 13.7. The average Bonchev–Trinajstić information content (AvgIpc) is 3.33. The first-order chi connectivity index (χ1) is 15.1. The topological polar surface area (TPSA) is 53.9 Å². The number of carbonyl (C=O) groups is 1. The van der Waals surface area contributed by atoms with Crippen LogP contribution in [0.15, 0.2) is 48.7 Å². The van der Waals surface area contributed by atoms with Crippen LogP contribution in [0.2, 0.25) is 0 Å². The standard InChI is InChI=1S/C25H27FN4O/c1-29-15-18(20-14-19(26)6-7-23(20)29)16-30-12-10-17(11-13-30)24(31)8-9-25-27-21-4-2-3-5-22(21)28-25/h2-7,14-15,17H,8-13,16H2,1H3,(H,27,28). The number of likely N-dealkylation sites (tertiary alicyclic amines) is 1.